The number of carboxylic acid groups (broad SMARTS) is 1. The number of hydrogen-bond donors (Lipinski definition) is 17. The average molecular weight is 1210 g/mol. The maximum Gasteiger partial charge on any atom is 0.326 e. The second-order valence-electron chi connectivity index (χ2n) is 21.3. The second kappa shape index (κ2) is 37.3. The van der Waals surface area contributed by atoms with Crippen LogP contribution in [0.5, 0.6) is 0 Å². The highest BCUT2D eigenvalue weighted by Gasteiger charge is 2.36. The molecule has 0 spiro atoms. The van der Waals surface area contributed by atoms with E-state index in [0.29, 0.717) is 81.3 Å². The highest BCUT2D eigenvalue weighted by Crippen LogP contribution is 2.22. The van der Waals surface area contributed by atoms with E-state index in [0.717, 1.165) is 21.8 Å². The molecule has 0 aliphatic heterocycles. The molecule has 4 rings (SSSR count). The molecule has 26 nitrogen and oxygen atoms in total. The molecule has 0 aliphatic rings. The number of nitrogens with one attached hydrogen (secondary N) is 10. The fourth-order valence-corrected chi connectivity index (χ4v) is 10.1. The van der Waals surface area contributed by atoms with Crippen LogP contribution in [0.15, 0.2) is 60.9 Å². The molecule has 0 aliphatic carbocycles. The number of aliphatic carboxylic acids is 1. The quantitative estimate of drug-likeness (QED) is 0.0247. The Hall–Kier alpha value is -7.14. The van der Waals surface area contributed by atoms with E-state index in [4.69, 9.17) is 28.7 Å². The van der Waals surface area contributed by atoms with Crippen LogP contribution in [0.4, 0.5) is 0 Å². The van der Waals surface area contributed by atoms with Gasteiger partial charge in [-0.25, -0.2) is 4.79 Å². The number of rotatable bonds is 41. The molecular formula is C58H91N15O11S. The number of carbonyl (C=O) groups is 9. The maximum atomic E-state index is 14.9. The number of carboxylic acids is 1. The van der Waals surface area contributed by atoms with Crippen LogP contribution in [0.1, 0.15) is 108 Å². The predicted octanol–water partition coefficient (Wildman–Crippen LogP) is -0.606. The first-order chi connectivity index (χ1) is 40.8. The van der Waals surface area contributed by atoms with Crippen molar-refractivity contribution in [1.29, 1.82) is 0 Å². The number of nitrogens with two attached hydrogens (primary N) is 5. The zero-order valence-electron chi connectivity index (χ0n) is 49.1. The molecule has 2 aromatic carbocycles. The number of thioether (sulfide) groups is 1. The van der Waals surface area contributed by atoms with E-state index in [1.165, 1.54) is 25.6 Å². The Labute approximate surface area is 500 Å². The summed E-state index contributed by atoms with van der Waals surface area (Å²) < 4.78 is 0. The summed E-state index contributed by atoms with van der Waals surface area (Å²) in [5.41, 5.74) is 31.7. The summed E-state index contributed by atoms with van der Waals surface area (Å²) in [6.45, 7) is 3.88. The highest BCUT2D eigenvalue weighted by atomic mass is 32.2. The second-order valence-corrected chi connectivity index (χ2v) is 22.3. The third kappa shape index (κ3) is 23.0. The van der Waals surface area contributed by atoms with Gasteiger partial charge in [0, 0.05) is 47.0 Å². The van der Waals surface area contributed by atoms with Gasteiger partial charge >= 0.3 is 5.97 Å². The first kappa shape index (κ1) is 70.3. The fraction of sp³-hybridized carbons (Fsp3) is 0.569. The number of aromatic nitrogens is 2. The number of aliphatic hydroxyl groups is 1. The molecule has 10 atom stereocenters. The van der Waals surface area contributed by atoms with Gasteiger partial charge < -0.3 is 91.4 Å². The molecule has 2 aromatic heterocycles. The van der Waals surface area contributed by atoms with Crippen molar-refractivity contribution in [2.45, 2.75) is 171 Å². The lowest BCUT2D eigenvalue weighted by molar-refractivity contribution is -0.143. The standard InChI is InChI=1S/C58H91N15O11S/c1-34(63)50(75)66-42(20-8-12-25-59)51(76)67-43(21-9-13-26-60)53(78)70-46(24-29-85-3)54(79)71-47(30-36-32-64-40-18-6-4-16-38(36)40)56(81)69-44(22-10-14-27-61)52(77)68-45(23-11-15-28-62)55(80)73-49(35(2)74)57(82)72-48(58(83)84)31-37-33-65-41-19-7-5-17-39(37)41/h4-7,16-19,32-35,42-49,64-65,74H,8-15,20-31,59-63H2,1-3H3,(H,66,75)(H,67,76)(H,68,77)(H,69,81)(H,70,78)(H,71,79)(H,72,82)(H,73,80)(H,83,84)/t34-,35+,42-,43-,44-,45-,46-,47-,48-,49-/m0/s1. The molecule has 0 saturated heterocycles. The number of amides is 8. The minimum Gasteiger partial charge on any atom is -0.480 e. The molecule has 0 fully saturated rings. The first-order valence-electron chi connectivity index (χ1n) is 29.3. The highest BCUT2D eigenvalue weighted by molar-refractivity contribution is 7.98. The zero-order valence-corrected chi connectivity index (χ0v) is 49.9. The number of aromatic amines is 2. The van der Waals surface area contributed by atoms with E-state index in [9.17, 15) is 53.4 Å². The van der Waals surface area contributed by atoms with Crippen LogP contribution < -0.4 is 71.2 Å². The molecule has 2 heterocycles. The average Bonchev–Trinajstić information content (AvgIpc) is 3.99. The van der Waals surface area contributed by atoms with Gasteiger partial charge in [0.1, 0.15) is 48.3 Å². The van der Waals surface area contributed by atoms with E-state index in [1.54, 1.807) is 24.5 Å². The van der Waals surface area contributed by atoms with Gasteiger partial charge in [0.05, 0.1) is 12.1 Å². The molecule has 0 saturated carbocycles. The minimum absolute atomic E-state index is 0.00413. The third-order valence-corrected chi connectivity index (χ3v) is 15.1. The van der Waals surface area contributed by atoms with E-state index in [-0.39, 0.29) is 58.0 Å². The normalized spacial score (nSPS) is 14.9. The molecule has 0 bridgehead atoms. The Morgan fingerprint density at radius 1 is 0.459 bits per heavy atom. The molecule has 470 valence electrons. The maximum absolute atomic E-state index is 14.9. The molecule has 0 unspecified atom stereocenters. The number of unbranched alkanes of at least 4 members (excludes halogenated alkanes) is 4. The Kier molecular flexibility index (Phi) is 30.9. The van der Waals surface area contributed by atoms with Crippen LogP contribution in [0.3, 0.4) is 0 Å². The predicted molar refractivity (Wildman–Crippen MR) is 327 cm³/mol. The number of fused-ring (bicyclic) bond motifs is 2. The lowest BCUT2D eigenvalue weighted by atomic mass is 10.0. The summed E-state index contributed by atoms with van der Waals surface area (Å²) in [5, 5.41) is 44.1. The summed E-state index contributed by atoms with van der Waals surface area (Å²) in [6, 6.07) is 2.95. The summed E-state index contributed by atoms with van der Waals surface area (Å²) in [4.78, 5) is 132. The lowest BCUT2D eigenvalue weighted by Gasteiger charge is -2.28. The molecule has 85 heavy (non-hydrogen) atoms. The van der Waals surface area contributed by atoms with Crippen molar-refractivity contribution in [2.75, 3.05) is 38.2 Å². The number of hydrogen-bond acceptors (Lipinski definition) is 16. The van der Waals surface area contributed by atoms with E-state index in [1.807, 2.05) is 42.7 Å². The van der Waals surface area contributed by atoms with E-state index >= 15 is 0 Å². The van der Waals surface area contributed by atoms with Crippen LogP contribution in [-0.4, -0.2) is 172 Å². The van der Waals surface area contributed by atoms with Crippen molar-refractivity contribution in [3.63, 3.8) is 0 Å². The van der Waals surface area contributed by atoms with Gasteiger partial charge in [-0.3, -0.25) is 38.4 Å². The van der Waals surface area contributed by atoms with Gasteiger partial charge in [0.25, 0.3) is 0 Å². The van der Waals surface area contributed by atoms with Crippen molar-refractivity contribution in [1.82, 2.24) is 52.5 Å². The smallest absolute Gasteiger partial charge is 0.326 e. The van der Waals surface area contributed by atoms with Crippen molar-refractivity contribution in [3.8, 4) is 0 Å². The number of carbonyl (C=O) groups excluding carboxylic acids is 8. The van der Waals surface area contributed by atoms with Crippen molar-refractivity contribution in [3.05, 3.63) is 72.1 Å². The Morgan fingerprint density at radius 3 is 1.15 bits per heavy atom. The van der Waals surface area contributed by atoms with Crippen LogP contribution >= 0.6 is 11.8 Å². The number of aliphatic hydroxyl groups excluding tert-OH is 1. The number of benzene rings is 2. The Balaban J connectivity index is 1.63. The molecule has 0 radical (unpaired) electrons. The van der Waals surface area contributed by atoms with Crippen molar-refractivity contribution >= 4 is 86.8 Å². The Bertz CT molecular complexity index is 2790. The van der Waals surface area contributed by atoms with Gasteiger partial charge in [-0.2, -0.15) is 11.8 Å². The minimum atomic E-state index is -1.67. The number of H-pyrrole nitrogens is 2. The summed E-state index contributed by atoms with van der Waals surface area (Å²) >= 11 is 1.40. The molecule has 4 aromatic rings. The summed E-state index contributed by atoms with van der Waals surface area (Å²) in [5.74, 6) is -7.10. The number of para-hydroxylation sites is 2. The largest absolute Gasteiger partial charge is 0.480 e. The monoisotopic (exact) mass is 1210 g/mol. The van der Waals surface area contributed by atoms with E-state index in [2.05, 4.69) is 52.5 Å². The topological polar surface area (TPSA) is 452 Å². The Morgan fingerprint density at radius 2 is 0.788 bits per heavy atom. The summed E-state index contributed by atoms with van der Waals surface area (Å²) in [6.07, 6.45) is 7.41. The van der Waals surface area contributed by atoms with Gasteiger partial charge in [-0.1, -0.05) is 36.4 Å². The van der Waals surface area contributed by atoms with Gasteiger partial charge in [-0.05, 0) is 159 Å². The van der Waals surface area contributed by atoms with Gasteiger partial charge in [-0.15, -0.1) is 0 Å². The molecule has 27 heteroatoms. The van der Waals surface area contributed by atoms with Gasteiger partial charge in [0.15, 0.2) is 0 Å². The van der Waals surface area contributed by atoms with Crippen LogP contribution in [-0.2, 0) is 56.0 Å². The third-order valence-electron chi connectivity index (χ3n) is 14.5. The van der Waals surface area contributed by atoms with E-state index < -0.39 is 114 Å². The van der Waals surface area contributed by atoms with Crippen LogP contribution in [0.2, 0.25) is 0 Å². The van der Waals surface area contributed by atoms with Crippen LogP contribution in [0, 0.1) is 0 Å². The summed E-state index contributed by atoms with van der Waals surface area (Å²) in [7, 11) is 0. The fourth-order valence-electron chi connectivity index (χ4n) is 9.59. The lowest BCUT2D eigenvalue weighted by Crippen LogP contribution is -2.61. The van der Waals surface area contributed by atoms with Crippen molar-refractivity contribution in [2.24, 2.45) is 28.7 Å². The van der Waals surface area contributed by atoms with Gasteiger partial charge in [0.2, 0.25) is 47.3 Å². The molecule has 8 amide bonds. The molecule has 22 N–H and O–H groups in total. The molecular weight excluding hydrogens is 1110 g/mol. The van der Waals surface area contributed by atoms with Crippen LogP contribution in [0.25, 0.3) is 21.8 Å². The first-order valence-corrected chi connectivity index (χ1v) is 30.6. The van der Waals surface area contributed by atoms with Crippen molar-refractivity contribution < 1.29 is 53.4 Å². The SMILES string of the molecule is CSCC[C@H](NC(=O)[C@H](CCCCN)NC(=O)[C@H](CCCCN)NC(=O)[C@H](C)N)C(=O)N[C@@H](Cc1c[nH]c2ccccc12)C(=O)N[C@@H](CCCCN)C(=O)N[C@@H](CCCCN)C(=O)N[C@H](C(=O)N[C@@H](Cc1c[nH]c2ccccc12)C(=O)O)[C@@H](C)O. The zero-order chi connectivity index (χ0) is 62.4.